The lowest BCUT2D eigenvalue weighted by molar-refractivity contribution is 0.206. The molecule has 0 unspecified atom stereocenters. The summed E-state index contributed by atoms with van der Waals surface area (Å²) in [6, 6.07) is 8.36. The Morgan fingerprint density at radius 2 is 2.07 bits per heavy atom. The fourth-order valence-corrected chi connectivity index (χ4v) is 1.60. The molecule has 1 aromatic rings. The number of hydrogen-bond donors (Lipinski definition) is 1. The molecule has 0 aliphatic heterocycles. The van der Waals surface area contributed by atoms with E-state index >= 15 is 0 Å². The molecule has 0 saturated carbocycles. The highest BCUT2D eigenvalue weighted by Gasteiger charge is 2.05. The Labute approximate surface area is 91.8 Å². The second kappa shape index (κ2) is 6.43. The van der Waals surface area contributed by atoms with Gasteiger partial charge in [-0.2, -0.15) is 0 Å². The molecule has 0 saturated heterocycles. The first-order valence-electron chi connectivity index (χ1n) is 5.27. The van der Waals surface area contributed by atoms with Crippen LogP contribution >= 0.6 is 0 Å². The second-order valence-electron chi connectivity index (χ2n) is 3.58. The van der Waals surface area contributed by atoms with Gasteiger partial charge in [0.1, 0.15) is 0 Å². The molecule has 0 aliphatic carbocycles. The zero-order chi connectivity index (χ0) is 11.1. The van der Waals surface area contributed by atoms with Crippen molar-refractivity contribution in [1.82, 2.24) is 0 Å². The van der Waals surface area contributed by atoms with Gasteiger partial charge in [0, 0.05) is 26.4 Å². The molecular weight excluding hydrogens is 188 g/mol. The van der Waals surface area contributed by atoms with Gasteiger partial charge in [-0.3, -0.25) is 0 Å². The summed E-state index contributed by atoms with van der Waals surface area (Å²) < 4.78 is 5.07. The van der Waals surface area contributed by atoms with E-state index in [1.165, 1.54) is 11.3 Å². The first kappa shape index (κ1) is 12.0. The van der Waals surface area contributed by atoms with Crippen LogP contribution in [0.1, 0.15) is 5.56 Å². The van der Waals surface area contributed by atoms with E-state index in [4.69, 9.17) is 10.5 Å². The average molecular weight is 208 g/mol. The number of nitrogens with two attached hydrogens (primary N) is 1. The summed E-state index contributed by atoms with van der Waals surface area (Å²) in [7, 11) is 3.80. The lowest BCUT2D eigenvalue weighted by Gasteiger charge is -2.21. The number of anilines is 1. The molecule has 0 spiro atoms. The molecule has 84 valence electrons. The highest BCUT2D eigenvalue weighted by molar-refractivity contribution is 5.53. The van der Waals surface area contributed by atoms with E-state index in [1.807, 2.05) is 0 Å². The first-order valence-corrected chi connectivity index (χ1v) is 5.27. The van der Waals surface area contributed by atoms with E-state index in [-0.39, 0.29) is 0 Å². The number of benzene rings is 1. The largest absolute Gasteiger partial charge is 0.383 e. The maximum atomic E-state index is 5.59. The molecule has 3 heteroatoms. The number of nitrogens with zero attached hydrogens (tertiary/aromatic N) is 1. The van der Waals surface area contributed by atoms with Crippen LogP contribution in [-0.2, 0) is 11.2 Å². The van der Waals surface area contributed by atoms with Crippen LogP contribution in [0.25, 0.3) is 0 Å². The van der Waals surface area contributed by atoms with E-state index in [2.05, 4.69) is 36.2 Å². The third-order valence-electron chi connectivity index (χ3n) is 2.45. The summed E-state index contributed by atoms with van der Waals surface area (Å²) in [6.45, 7) is 2.33. The van der Waals surface area contributed by atoms with Gasteiger partial charge in [-0.25, -0.2) is 0 Å². The molecule has 0 bridgehead atoms. The molecule has 0 atom stereocenters. The summed E-state index contributed by atoms with van der Waals surface area (Å²) in [6.07, 6.45) is 0.924. The zero-order valence-electron chi connectivity index (χ0n) is 9.57. The van der Waals surface area contributed by atoms with Gasteiger partial charge in [-0.15, -0.1) is 0 Å². The predicted octanol–water partition coefficient (Wildman–Crippen LogP) is 1.27. The maximum Gasteiger partial charge on any atom is 0.0637 e. The van der Waals surface area contributed by atoms with Crippen LogP contribution in [0.15, 0.2) is 24.3 Å². The highest BCUT2D eigenvalue weighted by atomic mass is 16.5. The van der Waals surface area contributed by atoms with Gasteiger partial charge in [0.25, 0.3) is 0 Å². The fraction of sp³-hybridized carbons (Fsp3) is 0.500. The van der Waals surface area contributed by atoms with Crippen molar-refractivity contribution in [3.63, 3.8) is 0 Å². The quantitative estimate of drug-likeness (QED) is 0.765. The van der Waals surface area contributed by atoms with Crippen LogP contribution in [0.3, 0.4) is 0 Å². The normalized spacial score (nSPS) is 10.3. The first-order chi connectivity index (χ1) is 7.29. The van der Waals surface area contributed by atoms with Gasteiger partial charge in [-0.05, 0) is 24.6 Å². The summed E-state index contributed by atoms with van der Waals surface area (Å²) in [5, 5.41) is 0. The molecule has 0 radical (unpaired) electrons. The second-order valence-corrected chi connectivity index (χ2v) is 3.58. The van der Waals surface area contributed by atoms with Crippen molar-refractivity contribution in [2.24, 2.45) is 5.73 Å². The smallest absolute Gasteiger partial charge is 0.0637 e. The summed E-state index contributed by atoms with van der Waals surface area (Å²) in [4.78, 5) is 2.20. The molecule has 15 heavy (non-hydrogen) atoms. The molecule has 0 heterocycles. The van der Waals surface area contributed by atoms with Crippen molar-refractivity contribution < 1.29 is 4.74 Å². The van der Waals surface area contributed by atoms with Crippen LogP contribution in [0, 0.1) is 0 Å². The van der Waals surface area contributed by atoms with Crippen molar-refractivity contribution in [3.05, 3.63) is 29.8 Å². The third kappa shape index (κ3) is 3.53. The van der Waals surface area contributed by atoms with E-state index < -0.39 is 0 Å². The Morgan fingerprint density at radius 3 is 2.73 bits per heavy atom. The van der Waals surface area contributed by atoms with Crippen molar-refractivity contribution in [3.8, 4) is 0 Å². The highest BCUT2D eigenvalue weighted by Crippen LogP contribution is 2.18. The molecule has 1 aromatic carbocycles. The Bertz CT molecular complexity index is 289. The van der Waals surface area contributed by atoms with Gasteiger partial charge in [0.15, 0.2) is 0 Å². The van der Waals surface area contributed by atoms with Gasteiger partial charge >= 0.3 is 0 Å². The molecule has 0 aromatic heterocycles. The Hall–Kier alpha value is -1.06. The minimum Gasteiger partial charge on any atom is -0.383 e. The Balaban J connectivity index is 2.72. The Kier molecular flexibility index (Phi) is 5.15. The van der Waals surface area contributed by atoms with Crippen LogP contribution in [0.5, 0.6) is 0 Å². The minimum atomic E-state index is 0.690. The molecule has 3 nitrogen and oxygen atoms in total. The van der Waals surface area contributed by atoms with Crippen LogP contribution in [0.2, 0.25) is 0 Å². The maximum absolute atomic E-state index is 5.59. The standard InChI is InChI=1S/C12H20N2O/c1-14(9-10-15-2)12-6-4-3-5-11(12)7-8-13/h3-6H,7-10,13H2,1-2H3. The van der Waals surface area contributed by atoms with Gasteiger partial charge < -0.3 is 15.4 Å². The topological polar surface area (TPSA) is 38.5 Å². The van der Waals surface area contributed by atoms with E-state index in [1.54, 1.807) is 7.11 Å². The van der Waals surface area contributed by atoms with Gasteiger partial charge in [-0.1, -0.05) is 18.2 Å². The summed E-state index contributed by atoms with van der Waals surface area (Å²) in [5.74, 6) is 0. The van der Waals surface area contributed by atoms with Crippen LogP contribution < -0.4 is 10.6 Å². The third-order valence-corrected chi connectivity index (χ3v) is 2.45. The van der Waals surface area contributed by atoms with Crippen molar-refractivity contribution in [2.45, 2.75) is 6.42 Å². The molecule has 2 N–H and O–H groups in total. The molecule has 0 fully saturated rings. The average Bonchev–Trinajstić information content (AvgIpc) is 2.27. The number of hydrogen-bond acceptors (Lipinski definition) is 3. The number of rotatable bonds is 6. The number of methoxy groups -OCH3 is 1. The lowest BCUT2D eigenvalue weighted by atomic mass is 10.1. The monoisotopic (exact) mass is 208 g/mol. The van der Waals surface area contributed by atoms with Crippen LogP contribution in [-0.4, -0.2) is 33.9 Å². The van der Waals surface area contributed by atoms with Crippen molar-refractivity contribution in [2.75, 3.05) is 38.8 Å². The number of para-hydroxylation sites is 1. The Morgan fingerprint density at radius 1 is 1.33 bits per heavy atom. The fourth-order valence-electron chi connectivity index (χ4n) is 1.60. The summed E-state index contributed by atoms with van der Waals surface area (Å²) >= 11 is 0. The van der Waals surface area contributed by atoms with Crippen molar-refractivity contribution >= 4 is 5.69 Å². The lowest BCUT2D eigenvalue weighted by Crippen LogP contribution is -2.23. The molecule has 0 amide bonds. The van der Waals surface area contributed by atoms with Crippen molar-refractivity contribution in [1.29, 1.82) is 0 Å². The van der Waals surface area contributed by atoms with Gasteiger partial charge in [0.05, 0.1) is 6.61 Å². The van der Waals surface area contributed by atoms with Gasteiger partial charge in [0.2, 0.25) is 0 Å². The SMILES string of the molecule is COCCN(C)c1ccccc1CCN. The number of likely N-dealkylation sites (N-methyl/N-ethyl adjacent to an activating group) is 1. The van der Waals surface area contributed by atoms with Crippen LogP contribution in [0.4, 0.5) is 5.69 Å². The number of ether oxygens (including phenoxy) is 1. The molecular formula is C12H20N2O. The minimum absolute atomic E-state index is 0.690. The summed E-state index contributed by atoms with van der Waals surface area (Å²) in [5.41, 5.74) is 8.14. The molecule has 0 aliphatic rings. The van der Waals surface area contributed by atoms with E-state index in [0.29, 0.717) is 6.54 Å². The molecule has 1 rings (SSSR count). The van der Waals surface area contributed by atoms with E-state index in [0.717, 1.165) is 19.6 Å². The zero-order valence-corrected chi connectivity index (χ0v) is 9.57. The predicted molar refractivity (Wildman–Crippen MR) is 64.3 cm³/mol. The van der Waals surface area contributed by atoms with E-state index in [9.17, 15) is 0 Å².